The molecule has 1 saturated carbocycles. The number of benzene rings is 1. The number of hydrogen-bond donors (Lipinski definition) is 2. The molecule has 34 heavy (non-hydrogen) atoms. The lowest BCUT2D eigenvalue weighted by molar-refractivity contribution is -0.143. The zero-order valence-electron chi connectivity index (χ0n) is 19.3. The molecule has 1 aliphatic carbocycles. The molecule has 7 nitrogen and oxygen atoms in total. The van der Waals surface area contributed by atoms with Gasteiger partial charge in [0.15, 0.2) is 0 Å². The number of halogens is 1. The van der Waals surface area contributed by atoms with Gasteiger partial charge in [-0.2, -0.15) is 0 Å². The molecule has 1 aromatic heterocycles. The van der Waals surface area contributed by atoms with E-state index in [9.17, 15) is 14.3 Å². The second kappa shape index (κ2) is 10.4. The fraction of sp³-hybridized carbons (Fsp3) is 0.538. The Balaban J connectivity index is 1.10. The van der Waals surface area contributed by atoms with Crippen molar-refractivity contribution < 1.29 is 23.8 Å². The monoisotopic (exact) mass is 469 g/mol. The van der Waals surface area contributed by atoms with Crippen molar-refractivity contribution in [2.24, 2.45) is 0 Å². The number of ether oxygens (including phenoxy) is 2. The molecule has 8 heteroatoms. The molecule has 3 heterocycles. The largest absolute Gasteiger partial charge is 0.480 e. The number of aromatic nitrogens is 1. The zero-order valence-corrected chi connectivity index (χ0v) is 19.3. The second-order valence-corrected chi connectivity index (χ2v) is 9.46. The van der Waals surface area contributed by atoms with E-state index in [-0.39, 0.29) is 11.9 Å². The predicted molar refractivity (Wildman–Crippen MR) is 125 cm³/mol. The van der Waals surface area contributed by atoms with Crippen LogP contribution >= 0.6 is 0 Å². The Labute approximate surface area is 199 Å². The van der Waals surface area contributed by atoms with Crippen LogP contribution in [0.4, 0.5) is 10.2 Å². The molecule has 3 aliphatic rings. The van der Waals surface area contributed by atoms with Crippen molar-refractivity contribution in [1.29, 1.82) is 0 Å². The molecule has 2 fully saturated rings. The van der Waals surface area contributed by atoms with Crippen LogP contribution < -0.4 is 5.32 Å². The molecule has 2 aromatic rings. The maximum atomic E-state index is 14.0. The molecular formula is C26H32FN3O4. The van der Waals surface area contributed by atoms with Crippen molar-refractivity contribution in [2.75, 3.05) is 38.2 Å². The van der Waals surface area contributed by atoms with Crippen molar-refractivity contribution in [3.8, 4) is 0 Å². The second-order valence-electron chi connectivity index (χ2n) is 9.46. The van der Waals surface area contributed by atoms with Crippen molar-refractivity contribution in [1.82, 2.24) is 9.88 Å². The highest BCUT2D eigenvalue weighted by Crippen LogP contribution is 2.44. The number of pyridine rings is 1. The number of likely N-dealkylation sites (tertiary alicyclic amines) is 1. The van der Waals surface area contributed by atoms with Crippen LogP contribution in [-0.2, 0) is 27.3 Å². The molecule has 2 aliphatic heterocycles. The SMILES string of the molecule is O=C(O)C(c1cc(F)ccc1C1CC1)N1CC[C@@H](OCCOCc2ccc3c(n2)NCCC3)C1. The number of nitrogens with one attached hydrogen (secondary N) is 1. The normalized spacial score (nSPS) is 21.1. The molecule has 0 bridgehead atoms. The molecule has 2 N–H and O–H groups in total. The molecule has 0 amide bonds. The van der Waals surface area contributed by atoms with E-state index in [1.807, 2.05) is 11.0 Å². The van der Waals surface area contributed by atoms with Crippen LogP contribution in [0.2, 0.25) is 0 Å². The van der Waals surface area contributed by atoms with E-state index in [1.165, 1.54) is 17.7 Å². The third-order valence-electron chi connectivity index (χ3n) is 6.92. The third kappa shape index (κ3) is 5.40. The summed E-state index contributed by atoms with van der Waals surface area (Å²) in [7, 11) is 0. The molecule has 2 atom stereocenters. The molecule has 182 valence electrons. The van der Waals surface area contributed by atoms with Crippen LogP contribution in [0.1, 0.15) is 60.0 Å². The highest BCUT2D eigenvalue weighted by molar-refractivity contribution is 5.76. The van der Waals surface area contributed by atoms with Gasteiger partial charge in [0, 0.05) is 19.6 Å². The minimum Gasteiger partial charge on any atom is -0.480 e. The molecule has 5 rings (SSSR count). The summed E-state index contributed by atoms with van der Waals surface area (Å²) in [4.78, 5) is 18.7. The standard InChI is InChI=1S/C26H32FN3O4/c27-19-6-8-22(17-3-4-17)23(14-19)24(26(31)32)30-11-9-21(15-30)34-13-12-33-16-20-7-5-18-2-1-10-28-25(18)29-20/h5-8,14,17,21,24H,1-4,9-13,15-16H2,(H,28,29)(H,31,32)/t21-,24?/m1/s1. The first-order chi connectivity index (χ1) is 16.6. The Hall–Kier alpha value is -2.55. The van der Waals surface area contributed by atoms with Gasteiger partial charge in [-0.3, -0.25) is 9.69 Å². The van der Waals surface area contributed by atoms with Crippen molar-refractivity contribution in [3.63, 3.8) is 0 Å². The van der Waals surface area contributed by atoms with Gasteiger partial charge in [0.1, 0.15) is 17.7 Å². The van der Waals surface area contributed by atoms with Gasteiger partial charge in [-0.15, -0.1) is 0 Å². The summed E-state index contributed by atoms with van der Waals surface area (Å²) in [6.07, 6.45) is 4.96. The number of aliphatic carboxylic acids is 1. The number of anilines is 1. The van der Waals surface area contributed by atoms with E-state index >= 15 is 0 Å². The lowest BCUT2D eigenvalue weighted by atomic mass is 9.96. The summed E-state index contributed by atoms with van der Waals surface area (Å²) in [6, 6.07) is 7.87. The first-order valence-corrected chi connectivity index (χ1v) is 12.3. The summed E-state index contributed by atoms with van der Waals surface area (Å²) in [5.41, 5.74) is 3.71. The van der Waals surface area contributed by atoms with E-state index in [2.05, 4.69) is 16.4 Å². The fourth-order valence-corrected chi connectivity index (χ4v) is 5.06. The third-order valence-corrected chi connectivity index (χ3v) is 6.92. The van der Waals surface area contributed by atoms with E-state index in [1.54, 1.807) is 6.07 Å². The lowest BCUT2D eigenvalue weighted by Gasteiger charge is -2.26. The van der Waals surface area contributed by atoms with Crippen LogP contribution in [0.5, 0.6) is 0 Å². The van der Waals surface area contributed by atoms with Gasteiger partial charge in [0.25, 0.3) is 0 Å². The van der Waals surface area contributed by atoms with Crippen molar-refractivity contribution in [3.05, 3.63) is 58.5 Å². The Morgan fingerprint density at radius 1 is 1.24 bits per heavy atom. The number of aryl methyl sites for hydroxylation is 1. The molecule has 1 unspecified atom stereocenters. The van der Waals surface area contributed by atoms with Gasteiger partial charge >= 0.3 is 5.97 Å². The van der Waals surface area contributed by atoms with Gasteiger partial charge in [0.2, 0.25) is 0 Å². The Morgan fingerprint density at radius 2 is 2.12 bits per heavy atom. The minimum absolute atomic E-state index is 0.0607. The smallest absolute Gasteiger partial charge is 0.325 e. The first kappa shape index (κ1) is 23.2. The predicted octanol–water partition coefficient (Wildman–Crippen LogP) is 3.89. The summed E-state index contributed by atoms with van der Waals surface area (Å²) >= 11 is 0. The zero-order chi connectivity index (χ0) is 23.5. The Kier molecular flexibility index (Phi) is 7.08. The number of nitrogens with zero attached hydrogens (tertiary/aromatic N) is 2. The number of fused-ring (bicyclic) bond motifs is 1. The van der Waals surface area contributed by atoms with Crippen LogP contribution in [0, 0.1) is 5.82 Å². The summed E-state index contributed by atoms with van der Waals surface area (Å²) in [5, 5.41) is 13.3. The van der Waals surface area contributed by atoms with Crippen LogP contribution in [-0.4, -0.2) is 59.9 Å². The van der Waals surface area contributed by atoms with Gasteiger partial charge in [-0.25, -0.2) is 9.37 Å². The molecule has 0 radical (unpaired) electrons. The molecule has 1 aromatic carbocycles. The minimum atomic E-state index is -0.941. The Bertz CT molecular complexity index is 1030. The molecular weight excluding hydrogens is 437 g/mol. The van der Waals surface area contributed by atoms with Gasteiger partial charge in [-0.1, -0.05) is 12.1 Å². The average molecular weight is 470 g/mol. The topological polar surface area (TPSA) is 83.9 Å². The number of carbonyl (C=O) groups is 1. The number of carboxylic acids is 1. The number of carboxylic acid groups (broad SMARTS) is 1. The van der Waals surface area contributed by atoms with Crippen molar-refractivity contribution >= 4 is 11.8 Å². The van der Waals surface area contributed by atoms with Crippen LogP contribution in [0.15, 0.2) is 30.3 Å². The van der Waals surface area contributed by atoms with Gasteiger partial charge in [-0.05, 0) is 72.9 Å². The first-order valence-electron chi connectivity index (χ1n) is 12.3. The Morgan fingerprint density at radius 3 is 2.94 bits per heavy atom. The van der Waals surface area contributed by atoms with Crippen LogP contribution in [0.3, 0.4) is 0 Å². The number of hydrogen-bond acceptors (Lipinski definition) is 6. The maximum absolute atomic E-state index is 14.0. The highest BCUT2D eigenvalue weighted by Gasteiger charge is 2.38. The van der Waals surface area contributed by atoms with Crippen LogP contribution in [0.25, 0.3) is 0 Å². The quantitative estimate of drug-likeness (QED) is 0.511. The van der Waals surface area contributed by atoms with Gasteiger partial charge in [0.05, 0.1) is 31.6 Å². The molecule has 1 saturated heterocycles. The average Bonchev–Trinajstić information content (AvgIpc) is 3.57. The lowest BCUT2D eigenvalue weighted by Crippen LogP contribution is -2.34. The summed E-state index contributed by atoms with van der Waals surface area (Å²) in [5.74, 6) is -0.0158. The van der Waals surface area contributed by atoms with E-state index in [0.717, 1.165) is 55.7 Å². The van der Waals surface area contributed by atoms with Crippen molar-refractivity contribution in [2.45, 2.75) is 56.8 Å². The maximum Gasteiger partial charge on any atom is 0.325 e. The summed E-state index contributed by atoms with van der Waals surface area (Å²) < 4.78 is 25.7. The fourth-order valence-electron chi connectivity index (χ4n) is 5.06. The van der Waals surface area contributed by atoms with Gasteiger partial charge < -0.3 is 19.9 Å². The van der Waals surface area contributed by atoms with E-state index < -0.39 is 12.0 Å². The summed E-state index contributed by atoms with van der Waals surface area (Å²) in [6.45, 7) is 3.39. The van der Waals surface area contributed by atoms with E-state index in [0.29, 0.717) is 44.4 Å². The number of rotatable bonds is 10. The van der Waals surface area contributed by atoms with E-state index in [4.69, 9.17) is 9.47 Å². The molecule has 0 spiro atoms. The highest BCUT2D eigenvalue weighted by atomic mass is 19.1.